The van der Waals surface area contributed by atoms with Crippen molar-refractivity contribution in [1.29, 1.82) is 0 Å². The first-order chi connectivity index (χ1) is 12.7. The topological polar surface area (TPSA) is 101 Å². The quantitative estimate of drug-likeness (QED) is 0.876. The van der Waals surface area contributed by atoms with Gasteiger partial charge in [0.05, 0.1) is 18.0 Å². The van der Waals surface area contributed by atoms with Gasteiger partial charge in [0.15, 0.2) is 0 Å². The van der Waals surface area contributed by atoms with Crippen molar-refractivity contribution >= 4 is 11.9 Å². The van der Waals surface area contributed by atoms with Crippen LogP contribution in [0.3, 0.4) is 0 Å². The largest absolute Gasteiger partial charge is 0.481 e. The van der Waals surface area contributed by atoms with E-state index >= 15 is 0 Å². The van der Waals surface area contributed by atoms with Crippen molar-refractivity contribution in [3.05, 3.63) is 34.4 Å². The van der Waals surface area contributed by atoms with Crippen molar-refractivity contribution in [3.8, 4) is 5.95 Å². The minimum Gasteiger partial charge on any atom is -0.481 e. The summed E-state index contributed by atoms with van der Waals surface area (Å²) < 4.78 is 1.67. The van der Waals surface area contributed by atoms with Crippen LogP contribution < -0.4 is 0 Å². The Kier molecular flexibility index (Phi) is 4.99. The fourth-order valence-electron chi connectivity index (χ4n) is 3.68. The number of nitrogens with zero attached hydrogens (tertiary/aromatic N) is 5. The highest BCUT2D eigenvalue weighted by Crippen LogP contribution is 2.25. The van der Waals surface area contributed by atoms with Gasteiger partial charge in [-0.15, -0.1) is 0 Å². The second-order valence-corrected chi connectivity index (χ2v) is 7.41. The molecule has 1 aliphatic heterocycles. The standard InChI is InChI=1S/C19H25N5O3/c1-10-8-23(9-16(10)18(26)27)17(25)7-15-13(4)22-24(14(15)5)19-20-11(2)6-12(3)21-19/h6,10,16H,7-9H2,1-5H3,(H,26,27)/t10-,16-/m1/s1. The molecule has 1 aliphatic rings. The predicted octanol–water partition coefficient (Wildman–Crippen LogP) is 1.62. The van der Waals surface area contributed by atoms with E-state index in [4.69, 9.17) is 0 Å². The van der Waals surface area contributed by atoms with E-state index in [9.17, 15) is 14.7 Å². The highest BCUT2D eigenvalue weighted by atomic mass is 16.4. The van der Waals surface area contributed by atoms with Gasteiger partial charge in [0, 0.05) is 35.7 Å². The smallest absolute Gasteiger partial charge is 0.308 e. The molecule has 1 saturated heterocycles. The third kappa shape index (κ3) is 3.70. The number of aliphatic carboxylic acids is 1. The zero-order chi connectivity index (χ0) is 19.9. The molecule has 2 aromatic heterocycles. The maximum atomic E-state index is 12.8. The number of aromatic nitrogens is 4. The van der Waals surface area contributed by atoms with Gasteiger partial charge < -0.3 is 10.0 Å². The van der Waals surface area contributed by atoms with Crippen LogP contribution >= 0.6 is 0 Å². The van der Waals surface area contributed by atoms with Crippen LogP contribution in [0.1, 0.15) is 35.3 Å². The molecule has 2 atom stereocenters. The van der Waals surface area contributed by atoms with Gasteiger partial charge >= 0.3 is 5.97 Å². The van der Waals surface area contributed by atoms with Crippen LogP contribution in [0.25, 0.3) is 5.95 Å². The van der Waals surface area contributed by atoms with Crippen LogP contribution in [-0.2, 0) is 16.0 Å². The van der Waals surface area contributed by atoms with Crippen LogP contribution in [0.5, 0.6) is 0 Å². The van der Waals surface area contributed by atoms with E-state index in [0.717, 1.165) is 28.3 Å². The van der Waals surface area contributed by atoms with Crippen molar-refractivity contribution in [1.82, 2.24) is 24.6 Å². The first-order valence-electron chi connectivity index (χ1n) is 9.05. The fraction of sp³-hybridized carbons (Fsp3) is 0.526. The Balaban J connectivity index is 1.83. The molecule has 1 N–H and O–H groups in total. The Bertz CT molecular complexity index is 885. The fourth-order valence-corrected chi connectivity index (χ4v) is 3.68. The Morgan fingerprint density at radius 2 is 1.78 bits per heavy atom. The number of hydrogen-bond acceptors (Lipinski definition) is 5. The number of likely N-dealkylation sites (tertiary alicyclic amines) is 1. The Labute approximate surface area is 158 Å². The molecule has 0 bridgehead atoms. The summed E-state index contributed by atoms with van der Waals surface area (Å²) in [4.78, 5) is 34.6. The van der Waals surface area contributed by atoms with Crippen LogP contribution in [0, 0.1) is 39.5 Å². The zero-order valence-corrected chi connectivity index (χ0v) is 16.4. The van der Waals surface area contributed by atoms with Gasteiger partial charge in [-0.05, 0) is 39.7 Å². The summed E-state index contributed by atoms with van der Waals surface area (Å²) in [6.07, 6.45) is 0.196. The van der Waals surface area contributed by atoms with E-state index < -0.39 is 11.9 Å². The maximum Gasteiger partial charge on any atom is 0.308 e. The van der Waals surface area contributed by atoms with E-state index in [0.29, 0.717) is 12.5 Å². The molecule has 8 heteroatoms. The van der Waals surface area contributed by atoms with Crippen molar-refractivity contribution in [2.75, 3.05) is 13.1 Å². The number of rotatable bonds is 4. The van der Waals surface area contributed by atoms with Gasteiger partial charge in [-0.2, -0.15) is 5.10 Å². The van der Waals surface area contributed by atoms with Crippen LogP contribution in [-0.4, -0.2) is 54.7 Å². The highest BCUT2D eigenvalue weighted by molar-refractivity contribution is 5.81. The molecular formula is C19H25N5O3. The van der Waals surface area contributed by atoms with Crippen molar-refractivity contribution in [3.63, 3.8) is 0 Å². The molecule has 3 heterocycles. The molecule has 1 fully saturated rings. The molecule has 8 nitrogen and oxygen atoms in total. The molecule has 0 saturated carbocycles. The Hall–Kier alpha value is -2.77. The number of amides is 1. The number of aryl methyl sites for hydroxylation is 3. The minimum absolute atomic E-state index is 0.0416. The second-order valence-electron chi connectivity index (χ2n) is 7.41. The van der Waals surface area contributed by atoms with Crippen LogP contribution in [0.4, 0.5) is 0 Å². The van der Waals surface area contributed by atoms with Crippen molar-refractivity contribution < 1.29 is 14.7 Å². The lowest BCUT2D eigenvalue weighted by Gasteiger charge is -2.16. The molecule has 0 spiro atoms. The SMILES string of the molecule is Cc1cc(C)nc(-n2nc(C)c(CC(=O)N3C[C@@H](C)[C@H](C(=O)O)C3)c2C)n1. The molecule has 0 unspecified atom stereocenters. The summed E-state index contributed by atoms with van der Waals surface area (Å²) in [5, 5.41) is 13.8. The van der Waals surface area contributed by atoms with Crippen LogP contribution in [0.15, 0.2) is 6.07 Å². The minimum atomic E-state index is -0.843. The van der Waals surface area contributed by atoms with E-state index in [1.54, 1.807) is 9.58 Å². The van der Waals surface area contributed by atoms with E-state index in [2.05, 4.69) is 15.1 Å². The van der Waals surface area contributed by atoms with Gasteiger partial charge in [-0.3, -0.25) is 9.59 Å². The summed E-state index contributed by atoms with van der Waals surface area (Å²) in [6.45, 7) is 10.2. The maximum absolute atomic E-state index is 12.8. The number of carboxylic acids is 1. The number of hydrogen-bond donors (Lipinski definition) is 1. The monoisotopic (exact) mass is 371 g/mol. The van der Waals surface area contributed by atoms with E-state index in [1.807, 2.05) is 40.7 Å². The molecule has 27 heavy (non-hydrogen) atoms. The molecular weight excluding hydrogens is 346 g/mol. The lowest BCUT2D eigenvalue weighted by Crippen LogP contribution is -2.31. The summed E-state index contributed by atoms with van der Waals surface area (Å²) >= 11 is 0. The summed E-state index contributed by atoms with van der Waals surface area (Å²) in [7, 11) is 0. The Morgan fingerprint density at radius 3 is 2.33 bits per heavy atom. The van der Waals surface area contributed by atoms with Gasteiger partial charge in [-0.25, -0.2) is 14.6 Å². The lowest BCUT2D eigenvalue weighted by atomic mass is 9.99. The highest BCUT2D eigenvalue weighted by Gasteiger charge is 2.37. The molecule has 1 amide bonds. The summed E-state index contributed by atoms with van der Waals surface area (Å²) in [5.74, 6) is -0.960. The van der Waals surface area contributed by atoms with Gasteiger partial charge in [-0.1, -0.05) is 6.92 Å². The molecule has 0 aromatic carbocycles. The molecule has 0 radical (unpaired) electrons. The molecule has 144 valence electrons. The van der Waals surface area contributed by atoms with E-state index in [1.165, 1.54) is 0 Å². The number of carboxylic acid groups (broad SMARTS) is 1. The van der Waals surface area contributed by atoms with Gasteiger partial charge in [0.1, 0.15) is 0 Å². The third-order valence-electron chi connectivity index (χ3n) is 5.21. The van der Waals surface area contributed by atoms with Gasteiger partial charge in [0.2, 0.25) is 5.91 Å². The Morgan fingerprint density at radius 1 is 1.15 bits per heavy atom. The first-order valence-corrected chi connectivity index (χ1v) is 9.05. The van der Waals surface area contributed by atoms with Crippen molar-refractivity contribution in [2.45, 2.75) is 41.0 Å². The second kappa shape index (κ2) is 7.09. The predicted molar refractivity (Wildman–Crippen MR) is 98.7 cm³/mol. The third-order valence-corrected chi connectivity index (χ3v) is 5.21. The molecule has 0 aliphatic carbocycles. The van der Waals surface area contributed by atoms with Crippen LogP contribution in [0.2, 0.25) is 0 Å². The molecule has 3 rings (SSSR count). The zero-order valence-electron chi connectivity index (χ0n) is 16.4. The van der Waals surface area contributed by atoms with Gasteiger partial charge in [0.25, 0.3) is 5.95 Å². The lowest BCUT2D eigenvalue weighted by molar-refractivity contribution is -0.142. The normalized spacial score (nSPS) is 19.5. The van der Waals surface area contributed by atoms with Crippen molar-refractivity contribution in [2.24, 2.45) is 11.8 Å². The first kappa shape index (κ1) is 19.0. The number of carbonyl (C=O) groups is 2. The summed E-state index contributed by atoms with van der Waals surface area (Å²) in [5.41, 5.74) is 4.13. The van der Waals surface area contributed by atoms with E-state index in [-0.39, 0.29) is 24.8 Å². The summed E-state index contributed by atoms with van der Waals surface area (Å²) in [6, 6.07) is 1.90. The average Bonchev–Trinajstić information content (AvgIpc) is 3.09. The number of carbonyl (C=O) groups excluding carboxylic acids is 1. The average molecular weight is 371 g/mol. The molecule has 2 aromatic rings.